The maximum absolute atomic E-state index is 12.4. The molecule has 0 spiro atoms. The molecule has 1 atom stereocenters. The van der Waals surface area contributed by atoms with E-state index in [1.165, 1.54) is 18.2 Å². The standard InChI is InChI=1S/C17H14F3NO4/c18-17(19,20)25-12-3-1-2-10(8-12)11-4-5-13-14(21-16(22)23)6-7-24-15(13)9-11/h1-5,8-9,14,21H,6-7H2,(H,22,23). The molecule has 2 aromatic carbocycles. The summed E-state index contributed by atoms with van der Waals surface area (Å²) >= 11 is 0. The molecule has 0 aromatic heterocycles. The van der Waals surface area contributed by atoms with Gasteiger partial charge in [0.1, 0.15) is 11.5 Å². The van der Waals surface area contributed by atoms with Gasteiger partial charge in [0.2, 0.25) is 0 Å². The van der Waals surface area contributed by atoms with Crippen LogP contribution in [0.4, 0.5) is 18.0 Å². The van der Waals surface area contributed by atoms with Crippen LogP contribution in [0, 0.1) is 0 Å². The molecule has 1 heterocycles. The molecule has 0 fully saturated rings. The highest BCUT2D eigenvalue weighted by Crippen LogP contribution is 2.36. The Kier molecular flexibility index (Phi) is 4.43. The molecule has 1 unspecified atom stereocenters. The summed E-state index contributed by atoms with van der Waals surface area (Å²) in [5.41, 5.74) is 1.86. The fourth-order valence-electron chi connectivity index (χ4n) is 2.74. The minimum absolute atomic E-state index is 0.311. The number of carbonyl (C=O) groups is 1. The highest BCUT2D eigenvalue weighted by Gasteiger charge is 2.31. The molecule has 0 saturated heterocycles. The van der Waals surface area contributed by atoms with Crippen molar-refractivity contribution < 1.29 is 32.5 Å². The third-order valence-electron chi connectivity index (χ3n) is 3.75. The number of hydrogen-bond acceptors (Lipinski definition) is 3. The Balaban J connectivity index is 1.90. The number of rotatable bonds is 3. The third kappa shape index (κ3) is 4.14. The summed E-state index contributed by atoms with van der Waals surface area (Å²) in [6, 6.07) is 10.3. The van der Waals surface area contributed by atoms with Crippen molar-refractivity contribution in [3.63, 3.8) is 0 Å². The van der Waals surface area contributed by atoms with Gasteiger partial charge in [-0.3, -0.25) is 0 Å². The van der Waals surface area contributed by atoms with E-state index >= 15 is 0 Å². The fourth-order valence-corrected chi connectivity index (χ4v) is 2.74. The SMILES string of the molecule is O=C(O)NC1CCOc2cc(-c3cccc(OC(F)(F)F)c3)ccc21. The van der Waals surface area contributed by atoms with Gasteiger partial charge in [-0.05, 0) is 29.3 Å². The molecule has 0 saturated carbocycles. The van der Waals surface area contributed by atoms with Gasteiger partial charge < -0.3 is 19.9 Å². The second kappa shape index (κ2) is 6.54. The van der Waals surface area contributed by atoms with Crippen molar-refractivity contribution in [3.8, 4) is 22.6 Å². The lowest BCUT2D eigenvalue weighted by Gasteiger charge is -2.26. The zero-order valence-corrected chi connectivity index (χ0v) is 12.8. The number of nitrogens with one attached hydrogen (secondary N) is 1. The van der Waals surface area contributed by atoms with Crippen molar-refractivity contribution in [1.82, 2.24) is 5.32 Å². The maximum Gasteiger partial charge on any atom is 0.573 e. The molecule has 0 aliphatic carbocycles. The molecule has 1 aliphatic heterocycles. The first kappa shape index (κ1) is 16.9. The van der Waals surface area contributed by atoms with E-state index < -0.39 is 12.5 Å². The van der Waals surface area contributed by atoms with Gasteiger partial charge >= 0.3 is 12.5 Å². The molecular formula is C17H14F3NO4. The van der Waals surface area contributed by atoms with E-state index in [1.807, 2.05) is 0 Å². The zero-order valence-electron chi connectivity index (χ0n) is 12.8. The molecule has 5 nitrogen and oxygen atoms in total. The predicted octanol–water partition coefficient (Wildman–Crippen LogP) is 4.34. The fraction of sp³-hybridized carbons (Fsp3) is 0.235. The number of ether oxygens (including phenoxy) is 2. The van der Waals surface area contributed by atoms with Crippen LogP contribution in [0.3, 0.4) is 0 Å². The minimum Gasteiger partial charge on any atom is -0.493 e. The molecule has 132 valence electrons. The van der Waals surface area contributed by atoms with Crippen LogP contribution < -0.4 is 14.8 Å². The van der Waals surface area contributed by atoms with Crippen LogP contribution in [0.5, 0.6) is 11.5 Å². The zero-order chi connectivity index (χ0) is 18.0. The van der Waals surface area contributed by atoms with Crippen LogP contribution in [0.25, 0.3) is 11.1 Å². The number of benzene rings is 2. The topological polar surface area (TPSA) is 67.8 Å². The van der Waals surface area contributed by atoms with Gasteiger partial charge in [-0.25, -0.2) is 4.79 Å². The van der Waals surface area contributed by atoms with E-state index in [0.717, 1.165) is 0 Å². The van der Waals surface area contributed by atoms with Crippen LogP contribution in [0.1, 0.15) is 18.0 Å². The van der Waals surface area contributed by atoms with Gasteiger partial charge in [0.25, 0.3) is 0 Å². The van der Waals surface area contributed by atoms with E-state index in [1.54, 1.807) is 24.3 Å². The Labute approximate surface area is 141 Å². The van der Waals surface area contributed by atoms with Crippen LogP contribution in [0.15, 0.2) is 42.5 Å². The summed E-state index contributed by atoms with van der Waals surface area (Å²) in [6.45, 7) is 0.346. The summed E-state index contributed by atoms with van der Waals surface area (Å²) < 4.78 is 46.5. The molecule has 0 radical (unpaired) electrons. The van der Waals surface area contributed by atoms with Gasteiger partial charge in [-0.2, -0.15) is 0 Å². The molecule has 8 heteroatoms. The van der Waals surface area contributed by atoms with Gasteiger partial charge in [0.05, 0.1) is 12.6 Å². The predicted molar refractivity (Wildman–Crippen MR) is 82.6 cm³/mol. The molecule has 0 bridgehead atoms. The Morgan fingerprint density at radius 3 is 2.68 bits per heavy atom. The van der Waals surface area contributed by atoms with Crippen molar-refractivity contribution in [1.29, 1.82) is 0 Å². The maximum atomic E-state index is 12.4. The number of amides is 1. The van der Waals surface area contributed by atoms with Crippen molar-refractivity contribution in [2.45, 2.75) is 18.8 Å². The number of hydrogen-bond donors (Lipinski definition) is 2. The normalized spacial score (nSPS) is 16.5. The smallest absolute Gasteiger partial charge is 0.493 e. The van der Waals surface area contributed by atoms with Gasteiger partial charge in [-0.1, -0.05) is 24.3 Å². The van der Waals surface area contributed by atoms with E-state index in [9.17, 15) is 18.0 Å². The van der Waals surface area contributed by atoms with Crippen LogP contribution in [-0.4, -0.2) is 24.2 Å². The molecule has 25 heavy (non-hydrogen) atoms. The third-order valence-corrected chi connectivity index (χ3v) is 3.75. The number of halogens is 3. The van der Waals surface area contributed by atoms with E-state index in [-0.39, 0.29) is 11.8 Å². The number of fused-ring (bicyclic) bond motifs is 1. The van der Waals surface area contributed by atoms with Crippen molar-refractivity contribution >= 4 is 6.09 Å². The quantitative estimate of drug-likeness (QED) is 0.861. The molecule has 2 N–H and O–H groups in total. The summed E-state index contributed by atoms with van der Waals surface area (Å²) in [6.07, 6.45) is -5.38. The first-order valence-electron chi connectivity index (χ1n) is 7.44. The number of carboxylic acid groups (broad SMARTS) is 1. The second-order valence-corrected chi connectivity index (χ2v) is 5.47. The second-order valence-electron chi connectivity index (χ2n) is 5.47. The Hall–Kier alpha value is -2.90. The van der Waals surface area contributed by atoms with Crippen molar-refractivity contribution in [2.24, 2.45) is 0 Å². The highest BCUT2D eigenvalue weighted by atomic mass is 19.4. The molecule has 1 amide bonds. The lowest BCUT2D eigenvalue weighted by Crippen LogP contribution is -2.30. The summed E-state index contributed by atoms with van der Waals surface area (Å²) in [5.74, 6) is 0.193. The summed E-state index contributed by atoms with van der Waals surface area (Å²) in [4.78, 5) is 10.9. The Morgan fingerprint density at radius 2 is 1.96 bits per heavy atom. The minimum atomic E-state index is -4.76. The molecular weight excluding hydrogens is 339 g/mol. The van der Waals surface area contributed by atoms with E-state index in [0.29, 0.717) is 35.5 Å². The average Bonchev–Trinajstić information content (AvgIpc) is 2.53. The number of alkyl halides is 3. The van der Waals surface area contributed by atoms with Crippen LogP contribution >= 0.6 is 0 Å². The van der Waals surface area contributed by atoms with Crippen molar-refractivity contribution in [2.75, 3.05) is 6.61 Å². The summed E-state index contributed by atoms with van der Waals surface area (Å²) in [5, 5.41) is 11.3. The van der Waals surface area contributed by atoms with Crippen LogP contribution in [-0.2, 0) is 0 Å². The lowest BCUT2D eigenvalue weighted by atomic mass is 9.96. The van der Waals surface area contributed by atoms with Gasteiger partial charge in [-0.15, -0.1) is 13.2 Å². The first-order chi connectivity index (χ1) is 11.8. The monoisotopic (exact) mass is 353 g/mol. The largest absolute Gasteiger partial charge is 0.573 e. The molecule has 2 aromatic rings. The Morgan fingerprint density at radius 1 is 1.20 bits per heavy atom. The van der Waals surface area contributed by atoms with Crippen LogP contribution in [0.2, 0.25) is 0 Å². The molecule has 1 aliphatic rings. The van der Waals surface area contributed by atoms with Crippen molar-refractivity contribution in [3.05, 3.63) is 48.0 Å². The highest BCUT2D eigenvalue weighted by molar-refractivity contribution is 5.69. The van der Waals surface area contributed by atoms with Gasteiger partial charge in [0, 0.05) is 12.0 Å². The Bertz CT molecular complexity index is 792. The van der Waals surface area contributed by atoms with E-state index in [4.69, 9.17) is 9.84 Å². The molecule has 3 rings (SSSR count). The lowest BCUT2D eigenvalue weighted by molar-refractivity contribution is -0.274. The van der Waals surface area contributed by atoms with E-state index in [2.05, 4.69) is 10.1 Å². The average molecular weight is 353 g/mol. The van der Waals surface area contributed by atoms with Gasteiger partial charge in [0.15, 0.2) is 0 Å². The summed E-state index contributed by atoms with van der Waals surface area (Å²) in [7, 11) is 0. The first-order valence-corrected chi connectivity index (χ1v) is 7.44.